The van der Waals surface area contributed by atoms with Gasteiger partial charge in [0.1, 0.15) is 0 Å². The molecule has 0 aromatic rings. The number of sulfonamides is 1. The zero-order valence-electron chi connectivity index (χ0n) is 10.8. The third-order valence-corrected chi connectivity index (χ3v) is 5.63. The molecule has 1 aliphatic rings. The van der Waals surface area contributed by atoms with Crippen LogP contribution in [0.5, 0.6) is 0 Å². The van der Waals surface area contributed by atoms with E-state index in [4.69, 9.17) is 0 Å². The first-order valence-electron chi connectivity index (χ1n) is 6.50. The van der Waals surface area contributed by atoms with Crippen molar-refractivity contribution in [2.75, 3.05) is 12.3 Å². The molecule has 0 aromatic heterocycles. The van der Waals surface area contributed by atoms with E-state index in [9.17, 15) is 8.42 Å². The third-order valence-electron chi connectivity index (χ3n) is 3.33. The van der Waals surface area contributed by atoms with Crippen LogP contribution in [0, 0.1) is 11.8 Å². The highest BCUT2D eigenvalue weighted by Crippen LogP contribution is 2.28. The van der Waals surface area contributed by atoms with E-state index in [2.05, 4.69) is 20.7 Å². The monoisotopic (exact) mass is 325 g/mol. The smallest absolute Gasteiger partial charge is 0.211 e. The summed E-state index contributed by atoms with van der Waals surface area (Å²) in [6.07, 6.45) is 5.32. The normalized spacial score (nSPS) is 26.4. The lowest BCUT2D eigenvalue weighted by Gasteiger charge is -2.25. The molecule has 1 aliphatic carbocycles. The van der Waals surface area contributed by atoms with Gasteiger partial charge in [-0.25, -0.2) is 13.1 Å². The summed E-state index contributed by atoms with van der Waals surface area (Å²) in [6, 6.07) is 0. The zero-order chi connectivity index (χ0) is 12.9. The van der Waals surface area contributed by atoms with E-state index in [1.807, 2.05) is 13.8 Å². The average molecular weight is 326 g/mol. The molecule has 0 spiro atoms. The topological polar surface area (TPSA) is 46.2 Å². The molecular weight excluding hydrogens is 302 g/mol. The van der Waals surface area contributed by atoms with E-state index in [0.29, 0.717) is 23.2 Å². The van der Waals surface area contributed by atoms with E-state index in [1.54, 1.807) is 0 Å². The molecule has 1 fully saturated rings. The second kappa shape index (κ2) is 7.10. The number of alkyl halides is 1. The van der Waals surface area contributed by atoms with Crippen LogP contribution in [0.3, 0.4) is 0 Å². The molecule has 17 heavy (non-hydrogen) atoms. The Morgan fingerprint density at radius 3 is 2.35 bits per heavy atom. The molecule has 0 saturated heterocycles. The Kier molecular flexibility index (Phi) is 6.45. The van der Waals surface area contributed by atoms with Gasteiger partial charge < -0.3 is 0 Å². The molecule has 0 unspecified atom stereocenters. The molecule has 0 atom stereocenters. The van der Waals surface area contributed by atoms with Crippen LogP contribution in [-0.2, 0) is 10.0 Å². The van der Waals surface area contributed by atoms with E-state index in [0.717, 1.165) is 19.3 Å². The quantitative estimate of drug-likeness (QED) is 0.763. The van der Waals surface area contributed by atoms with Crippen molar-refractivity contribution in [1.29, 1.82) is 0 Å². The van der Waals surface area contributed by atoms with Crippen LogP contribution in [0.15, 0.2) is 0 Å². The van der Waals surface area contributed by atoms with Crippen molar-refractivity contribution < 1.29 is 8.42 Å². The maximum atomic E-state index is 11.7. The average Bonchev–Trinajstić information content (AvgIpc) is 2.26. The minimum Gasteiger partial charge on any atom is -0.215 e. The molecule has 102 valence electrons. The van der Waals surface area contributed by atoms with Crippen molar-refractivity contribution in [2.24, 2.45) is 11.8 Å². The molecule has 0 heterocycles. The lowest BCUT2D eigenvalue weighted by Crippen LogP contribution is -2.33. The van der Waals surface area contributed by atoms with Gasteiger partial charge in [0.05, 0.1) is 5.75 Å². The first-order chi connectivity index (χ1) is 7.89. The predicted octanol–water partition coefficient (Wildman–Crippen LogP) is 2.91. The van der Waals surface area contributed by atoms with Gasteiger partial charge in [-0.1, -0.05) is 29.8 Å². The Morgan fingerprint density at radius 1 is 1.24 bits per heavy atom. The molecule has 0 aliphatic heterocycles. The largest absolute Gasteiger partial charge is 0.215 e. The lowest BCUT2D eigenvalue weighted by atomic mass is 9.89. The van der Waals surface area contributed by atoms with Gasteiger partial charge in [0, 0.05) is 11.4 Å². The molecule has 0 radical (unpaired) electrons. The van der Waals surface area contributed by atoms with Crippen molar-refractivity contribution in [1.82, 2.24) is 4.72 Å². The van der Waals surface area contributed by atoms with Crippen molar-refractivity contribution >= 4 is 26.0 Å². The van der Waals surface area contributed by atoms with Crippen LogP contribution in [-0.4, -0.2) is 25.5 Å². The van der Waals surface area contributed by atoms with E-state index >= 15 is 0 Å². The highest BCUT2D eigenvalue weighted by Gasteiger charge is 2.21. The van der Waals surface area contributed by atoms with Crippen molar-refractivity contribution in [3.63, 3.8) is 0 Å². The summed E-state index contributed by atoms with van der Waals surface area (Å²) in [7, 11) is -3.05. The van der Waals surface area contributed by atoms with Gasteiger partial charge in [0.2, 0.25) is 10.0 Å². The number of hydrogen-bond donors (Lipinski definition) is 1. The van der Waals surface area contributed by atoms with Crippen LogP contribution >= 0.6 is 15.9 Å². The Bertz CT molecular complexity index is 308. The van der Waals surface area contributed by atoms with Crippen molar-refractivity contribution in [3.05, 3.63) is 0 Å². The van der Waals surface area contributed by atoms with Crippen LogP contribution in [0.1, 0.15) is 46.0 Å². The Hall–Kier alpha value is 0.390. The molecule has 0 bridgehead atoms. The van der Waals surface area contributed by atoms with Gasteiger partial charge in [-0.15, -0.1) is 0 Å². The van der Waals surface area contributed by atoms with Crippen molar-refractivity contribution in [2.45, 2.75) is 50.8 Å². The van der Waals surface area contributed by atoms with Gasteiger partial charge in [-0.3, -0.25) is 0 Å². The van der Waals surface area contributed by atoms with Crippen LogP contribution < -0.4 is 4.72 Å². The fraction of sp³-hybridized carbons (Fsp3) is 1.00. The van der Waals surface area contributed by atoms with E-state index in [1.165, 1.54) is 12.8 Å². The molecule has 1 rings (SSSR count). The molecule has 5 heteroatoms. The number of hydrogen-bond acceptors (Lipinski definition) is 2. The molecule has 1 saturated carbocycles. The molecule has 1 N–H and O–H groups in total. The molecule has 0 amide bonds. The van der Waals surface area contributed by atoms with Gasteiger partial charge in [-0.2, -0.15) is 0 Å². The first kappa shape index (κ1) is 15.4. The second-order valence-corrected chi connectivity index (χ2v) is 8.69. The molecular formula is C12H24BrNO2S. The summed E-state index contributed by atoms with van der Waals surface area (Å²) in [6.45, 7) is 4.72. The maximum absolute atomic E-state index is 11.7. The summed E-state index contributed by atoms with van der Waals surface area (Å²) in [5, 5.41) is 0. The molecule has 0 aromatic carbocycles. The highest BCUT2D eigenvalue weighted by atomic mass is 79.9. The summed E-state index contributed by atoms with van der Waals surface area (Å²) in [5.41, 5.74) is 0. The predicted molar refractivity (Wildman–Crippen MR) is 75.9 cm³/mol. The van der Waals surface area contributed by atoms with Gasteiger partial charge in [0.25, 0.3) is 0 Å². The summed E-state index contributed by atoms with van der Waals surface area (Å²) < 4.78 is 26.2. The van der Waals surface area contributed by atoms with E-state index < -0.39 is 10.0 Å². The van der Waals surface area contributed by atoms with Gasteiger partial charge >= 0.3 is 0 Å². The van der Waals surface area contributed by atoms with Crippen LogP contribution in [0.2, 0.25) is 0 Å². The fourth-order valence-electron chi connectivity index (χ4n) is 2.03. The van der Waals surface area contributed by atoms with Gasteiger partial charge in [0.15, 0.2) is 0 Å². The SMILES string of the molecule is CC(C)CCS(=O)(=O)NCC1CCC(Br)CC1. The van der Waals surface area contributed by atoms with E-state index in [-0.39, 0.29) is 5.75 Å². The highest BCUT2D eigenvalue weighted by molar-refractivity contribution is 9.09. The summed E-state index contributed by atoms with van der Waals surface area (Å²) in [4.78, 5) is 0.635. The lowest BCUT2D eigenvalue weighted by molar-refractivity contribution is 0.366. The zero-order valence-corrected chi connectivity index (χ0v) is 13.2. The third kappa shape index (κ3) is 6.77. The number of nitrogens with one attached hydrogen (secondary N) is 1. The maximum Gasteiger partial charge on any atom is 0.211 e. The summed E-state index contributed by atoms with van der Waals surface area (Å²) in [5.74, 6) is 1.23. The van der Waals surface area contributed by atoms with Crippen LogP contribution in [0.4, 0.5) is 0 Å². The summed E-state index contributed by atoms with van der Waals surface area (Å²) >= 11 is 3.61. The second-order valence-electron chi connectivity index (χ2n) is 5.47. The Morgan fingerprint density at radius 2 is 1.82 bits per heavy atom. The fourth-order valence-corrected chi connectivity index (χ4v) is 3.98. The minimum absolute atomic E-state index is 0.262. The van der Waals surface area contributed by atoms with Crippen molar-refractivity contribution in [3.8, 4) is 0 Å². The number of rotatable bonds is 6. The van der Waals surface area contributed by atoms with Gasteiger partial charge in [-0.05, 0) is 43.9 Å². The molecule has 3 nitrogen and oxygen atoms in total. The first-order valence-corrected chi connectivity index (χ1v) is 9.07. The number of halogens is 1. The standard InChI is InChI=1S/C12H24BrNO2S/c1-10(2)7-8-17(15,16)14-9-11-3-5-12(13)6-4-11/h10-12,14H,3-9H2,1-2H3. The minimum atomic E-state index is -3.05. The Balaban J connectivity index is 2.25. The Labute approximate surface area is 114 Å². The van der Waals surface area contributed by atoms with Crippen LogP contribution in [0.25, 0.3) is 0 Å².